The summed E-state index contributed by atoms with van der Waals surface area (Å²) < 4.78 is 2.00. The number of carbonyl (C=O) groups is 1. The molecular weight excluding hydrogens is 370 g/mol. The van der Waals surface area contributed by atoms with E-state index in [2.05, 4.69) is 27.0 Å². The van der Waals surface area contributed by atoms with Crippen molar-refractivity contribution >= 4 is 27.5 Å². The Morgan fingerprint density at radius 2 is 1.89 bits per heavy atom. The number of aromatic nitrogens is 2. The van der Waals surface area contributed by atoms with Gasteiger partial charge in [0, 0.05) is 56.7 Å². The lowest BCUT2D eigenvalue weighted by molar-refractivity contribution is 0.0952. The van der Waals surface area contributed by atoms with E-state index in [0.717, 1.165) is 66.5 Å². The topological polar surface area (TPSA) is 53.4 Å². The molecule has 7 heteroatoms. The summed E-state index contributed by atoms with van der Waals surface area (Å²) in [7, 11) is 0. The van der Waals surface area contributed by atoms with E-state index in [-0.39, 0.29) is 5.91 Å². The number of likely N-dealkylation sites (N-methyl/N-ethyl adjacent to an activating group) is 1. The number of nitrogens with one attached hydrogen (secondary N) is 1. The zero-order chi connectivity index (χ0) is 19.3. The zero-order valence-electron chi connectivity index (χ0n) is 16.3. The molecule has 0 aliphatic carbocycles. The van der Waals surface area contributed by atoms with E-state index < -0.39 is 0 Å². The van der Waals surface area contributed by atoms with Crippen LogP contribution in [0.15, 0.2) is 42.9 Å². The van der Waals surface area contributed by atoms with Gasteiger partial charge < -0.3 is 19.7 Å². The monoisotopic (exact) mass is 397 g/mol. The first-order valence-electron chi connectivity index (χ1n) is 10.00. The Morgan fingerprint density at radius 3 is 2.64 bits per heavy atom. The third-order valence-electron chi connectivity index (χ3n) is 5.36. The van der Waals surface area contributed by atoms with Crippen LogP contribution in [-0.2, 0) is 0 Å². The van der Waals surface area contributed by atoms with Gasteiger partial charge in [0.2, 0.25) is 0 Å². The van der Waals surface area contributed by atoms with Gasteiger partial charge >= 0.3 is 0 Å². The normalized spacial score (nSPS) is 15.9. The largest absolute Gasteiger partial charge is 0.351 e. The fraction of sp³-hybridized carbons (Fsp3) is 0.429. The van der Waals surface area contributed by atoms with Gasteiger partial charge in [-0.15, -0.1) is 11.3 Å². The number of hydrogen-bond donors (Lipinski definition) is 1. The van der Waals surface area contributed by atoms with Crippen molar-refractivity contribution in [2.75, 3.05) is 45.8 Å². The Balaban J connectivity index is 1.38. The molecule has 0 unspecified atom stereocenters. The fourth-order valence-corrected chi connectivity index (χ4v) is 4.79. The summed E-state index contributed by atoms with van der Waals surface area (Å²) in [6.07, 6.45) is 6.69. The highest BCUT2D eigenvalue weighted by Gasteiger charge is 2.20. The molecule has 1 aliphatic heterocycles. The minimum absolute atomic E-state index is 0.0116. The molecule has 1 aliphatic rings. The van der Waals surface area contributed by atoms with Crippen molar-refractivity contribution < 1.29 is 4.79 Å². The maximum absolute atomic E-state index is 12.9. The molecule has 3 aromatic rings. The van der Waals surface area contributed by atoms with Gasteiger partial charge in [-0.2, -0.15) is 0 Å². The number of thiophene rings is 1. The second kappa shape index (κ2) is 8.86. The van der Waals surface area contributed by atoms with Crippen LogP contribution in [0, 0.1) is 0 Å². The first-order valence-corrected chi connectivity index (χ1v) is 10.8. The maximum Gasteiger partial charge on any atom is 0.263 e. The number of fused-ring (bicyclic) bond motifs is 1. The molecule has 0 bridgehead atoms. The minimum atomic E-state index is -0.0116. The van der Waals surface area contributed by atoms with Gasteiger partial charge in [-0.1, -0.05) is 6.92 Å². The number of pyridine rings is 1. The molecule has 0 spiro atoms. The molecule has 3 aromatic heterocycles. The Kier molecular flexibility index (Phi) is 6.04. The molecule has 6 nitrogen and oxygen atoms in total. The molecule has 1 saturated heterocycles. The van der Waals surface area contributed by atoms with E-state index >= 15 is 0 Å². The summed E-state index contributed by atoms with van der Waals surface area (Å²) in [6.45, 7) is 9.64. The summed E-state index contributed by atoms with van der Waals surface area (Å²) in [5, 5.41) is 4.13. The van der Waals surface area contributed by atoms with Crippen LogP contribution in [-0.4, -0.2) is 71.1 Å². The van der Waals surface area contributed by atoms with Crippen LogP contribution in [0.5, 0.6) is 0 Å². The van der Waals surface area contributed by atoms with Crippen LogP contribution < -0.4 is 5.32 Å². The summed E-state index contributed by atoms with van der Waals surface area (Å²) in [4.78, 5) is 23.9. The molecule has 4 rings (SSSR count). The average Bonchev–Trinajstić information content (AvgIpc) is 3.38. The molecular formula is C21H27N5OS. The van der Waals surface area contributed by atoms with Crippen molar-refractivity contribution in [2.24, 2.45) is 0 Å². The molecule has 1 fully saturated rings. The third kappa shape index (κ3) is 4.11. The van der Waals surface area contributed by atoms with Crippen molar-refractivity contribution in [3.63, 3.8) is 0 Å². The Labute approximate surface area is 169 Å². The van der Waals surface area contributed by atoms with Gasteiger partial charge in [-0.25, -0.2) is 4.98 Å². The number of nitrogens with zero attached hydrogens (tertiary/aromatic N) is 4. The second-order valence-corrected chi connectivity index (χ2v) is 8.11. The fourth-order valence-electron chi connectivity index (χ4n) is 3.73. The predicted molar refractivity (Wildman–Crippen MR) is 114 cm³/mol. The minimum Gasteiger partial charge on any atom is -0.351 e. The van der Waals surface area contributed by atoms with Gasteiger partial charge in [0.05, 0.1) is 5.69 Å². The zero-order valence-corrected chi connectivity index (χ0v) is 17.1. The van der Waals surface area contributed by atoms with Gasteiger partial charge in [-0.05, 0) is 43.8 Å². The molecule has 4 heterocycles. The SMILES string of the molecule is CCN1CCN(CCCNC(=O)c2sc3ncccc3c2-n2cccc2)CC1. The van der Waals surface area contributed by atoms with Gasteiger partial charge in [0.15, 0.2) is 0 Å². The van der Waals surface area contributed by atoms with Crippen molar-refractivity contribution in [3.8, 4) is 5.69 Å². The second-order valence-electron chi connectivity index (χ2n) is 7.11. The molecule has 0 radical (unpaired) electrons. The lowest BCUT2D eigenvalue weighted by Gasteiger charge is -2.33. The summed E-state index contributed by atoms with van der Waals surface area (Å²) >= 11 is 1.46. The van der Waals surface area contributed by atoms with Gasteiger partial charge in [0.1, 0.15) is 9.71 Å². The molecule has 148 valence electrons. The van der Waals surface area contributed by atoms with E-state index in [0.29, 0.717) is 6.54 Å². The van der Waals surface area contributed by atoms with Crippen molar-refractivity contribution in [3.05, 3.63) is 47.7 Å². The van der Waals surface area contributed by atoms with Gasteiger partial charge in [-0.3, -0.25) is 4.79 Å². The first kappa shape index (κ1) is 19.1. The number of carbonyl (C=O) groups excluding carboxylic acids is 1. The molecule has 0 atom stereocenters. The predicted octanol–water partition coefficient (Wildman–Crippen LogP) is 2.84. The molecule has 0 saturated carbocycles. The molecule has 28 heavy (non-hydrogen) atoms. The summed E-state index contributed by atoms with van der Waals surface area (Å²) in [5.41, 5.74) is 0.922. The highest BCUT2D eigenvalue weighted by Crippen LogP contribution is 2.32. The highest BCUT2D eigenvalue weighted by atomic mass is 32.1. The highest BCUT2D eigenvalue weighted by molar-refractivity contribution is 7.21. The van der Waals surface area contributed by atoms with E-state index in [4.69, 9.17) is 0 Å². The van der Waals surface area contributed by atoms with Crippen molar-refractivity contribution in [1.29, 1.82) is 0 Å². The van der Waals surface area contributed by atoms with E-state index in [1.165, 1.54) is 11.3 Å². The van der Waals surface area contributed by atoms with Crippen molar-refractivity contribution in [2.45, 2.75) is 13.3 Å². The molecule has 1 amide bonds. The van der Waals surface area contributed by atoms with Crippen LogP contribution in [0.3, 0.4) is 0 Å². The van der Waals surface area contributed by atoms with Crippen LogP contribution in [0.2, 0.25) is 0 Å². The quantitative estimate of drug-likeness (QED) is 0.623. The van der Waals surface area contributed by atoms with Crippen LogP contribution in [0.1, 0.15) is 23.0 Å². The van der Waals surface area contributed by atoms with Crippen LogP contribution >= 0.6 is 11.3 Å². The number of hydrogen-bond acceptors (Lipinski definition) is 5. The Bertz CT molecular complexity index is 912. The maximum atomic E-state index is 12.9. The molecule has 1 N–H and O–H groups in total. The molecule has 0 aromatic carbocycles. The standard InChI is InChI=1S/C21H27N5OS/c1-2-24-13-15-25(16-14-24)10-6-9-22-20(27)19-18(26-11-3-4-12-26)17-7-5-8-23-21(17)28-19/h3-5,7-8,11-12H,2,6,9-10,13-16H2,1H3,(H,22,27). The summed E-state index contributed by atoms with van der Waals surface area (Å²) in [6, 6.07) is 7.89. The summed E-state index contributed by atoms with van der Waals surface area (Å²) in [5.74, 6) is -0.0116. The Morgan fingerprint density at radius 1 is 1.14 bits per heavy atom. The Hall–Kier alpha value is -2.22. The number of piperazine rings is 1. The van der Waals surface area contributed by atoms with Crippen LogP contribution in [0.4, 0.5) is 0 Å². The number of rotatable bonds is 7. The first-order chi connectivity index (χ1) is 13.8. The number of amides is 1. The lowest BCUT2D eigenvalue weighted by atomic mass is 10.2. The van der Waals surface area contributed by atoms with E-state index in [9.17, 15) is 4.79 Å². The van der Waals surface area contributed by atoms with Crippen molar-refractivity contribution in [1.82, 2.24) is 24.7 Å². The average molecular weight is 398 g/mol. The smallest absolute Gasteiger partial charge is 0.263 e. The lowest BCUT2D eigenvalue weighted by Crippen LogP contribution is -2.46. The van der Waals surface area contributed by atoms with Gasteiger partial charge in [0.25, 0.3) is 5.91 Å². The van der Waals surface area contributed by atoms with E-state index in [1.54, 1.807) is 6.20 Å². The van der Waals surface area contributed by atoms with Crippen LogP contribution in [0.25, 0.3) is 15.9 Å². The van der Waals surface area contributed by atoms with E-state index in [1.807, 2.05) is 41.2 Å². The third-order valence-corrected chi connectivity index (χ3v) is 6.46.